The number of carboxylic acids is 1. The molecule has 0 saturated carbocycles. The van der Waals surface area contributed by atoms with E-state index < -0.39 is 5.97 Å². The molecule has 1 aromatic carbocycles. The smallest absolute Gasteiger partial charge is 0.336 e. The number of carboxylic acid groups (broad SMARTS) is 1. The van der Waals surface area contributed by atoms with E-state index in [2.05, 4.69) is 4.98 Å². The Morgan fingerprint density at radius 3 is 2.72 bits per heavy atom. The highest BCUT2D eigenvalue weighted by molar-refractivity contribution is 5.90. The fourth-order valence-electron chi connectivity index (χ4n) is 1.63. The van der Waals surface area contributed by atoms with Crippen molar-refractivity contribution >= 4 is 5.97 Å². The van der Waals surface area contributed by atoms with E-state index in [9.17, 15) is 4.79 Å². The molecule has 4 nitrogen and oxygen atoms in total. The predicted octanol–water partition coefficient (Wildman–Crippen LogP) is 3.19. The molecule has 92 valence electrons. The topological polar surface area (TPSA) is 59.4 Å². The maximum atomic E-state index is 11.0. The third-order valence-electron chi connectivity index (χ3n) is 2.62. The molecule has 0 amide bonds. The molecule has 2 aromatic rings. The van der Waals surface area contributed by atoms with Crippen LogP contribution in [0.2, 0.25) is 0 Å². The van der Waals surface area contributed by atoms with Crippen molar-refractivity contribution in [3.63, 3.8) is 0 Å². The van der Waals surface area contributed by atoms with Crippen LogP contribution >= 0.6 is 0 Å². The number of rotatable bonds is 3. The van der Waals surface area contributed by atoms with Crippen LogP contribution in [0.25, 0.3) is 0 Å². The van der Waals surface area contributed by atoms with Gasteiger partial charge in [-0.3, -0.25) is 0 Å². The Kier molecular flexibility index (Phi) is 3.28. The molecule has 0 atom stereocenters. The highest BCUT2D eigenvalue weighted by Crippen LogP contribution is 2.26. The number of aromatic nitrogens is 1. The largest absolute Gasteiger partial charge is 0.478 e. The number of aromatic carboxylic acids is 1. The van der Waals surface area contributed by atoms with E-state index >= 15 is 0 Å². The molecule has 0 spiro atoms. The maximum absolute atomic E-state index is 11.0. The molecule has 2 rings (SSSR count). The molecule has 18 heavy (non-hydrogen) atoms. The van der Waals surface area contributed by atoms with E-state index in [1.807, 2.05) is 13.0 Å². The minimum atomic E-state index is -0.963. The summed E-state index contributed by atoms with van der Waals surface area (Å²) < 4.78 is 5.61. The second kappa shape index (κ2) is 4.87. The van der Waals surface area contributed by atoms with Crippen LogP contribution in [0.5, 0.6) is 11.6 Å². The summed E-state index contributed by atoms with van der Waals surface area (Å²) in [6, 6.07) is 8.60. The molecule has 0 aliphatic rings. The predicted molar refractivity (Wildman–Crippen MR) is 67.2 cm³/mol. The van der Waals surface area contributed by atoms with Gasteiger partial charge in [-0.1, -0.05) is 6.07 Å². The third-order valence-corrected chi connectivity index (χ3v) is 2.62. The molecular formula is C14H13NO3. The summed E-state index contributed by atoms with van der Waals surface area (Å²) in [5.74, 6) is 0.00351. The average Bonchev–Trinajstić information content (AvgIpc) is 2.31. The van der Waals surface area contributed by atoms with Crippen molar-refractivity contribution < 1.29 is 14.6 Å². The van der Waals surface area contributed by atoms with Crippen molar-refractivity contribution in [3.8, 4) is 11.6 Å². The van der Waals surface area contributed by atoms with E-state index in [-0.39, 0.29) is 5.56 Å². The first-order valence-electron chi connectivity index (χ1n) is 5.51. The summed E-state index contributed by atoms with van der Waals surface area (Å²) >= 11 is 0. The minimum absolute atomic E-state index is 0.236. The summed E-state index contributed by atoms with van der Waals surface area (Å²) in [7, 11) is 0. The zero-order valence-electron chi connectivity index (χ0n) is 10.2. The molecule has 1 aromatic heterocycles. The molecule has 0 radical (unpaired) electrons. The molecule has 4 heteroatoms. The van der Waals surface area contributed by atoms with Gasteiger partial charge >= 0.3 is 5.97 Å². The second-order valence-electron chi connectivity index (χ2n) is 4.01. The van der Waals surface area contributed by atoms with Crippen LogP contribution < -0.4 is 4.74 Å². The van der Waals surface area contributed by atoms with Crippen molar-refractivity contribution in [2.24, 2.45) is 0 Å². The first-order valence-corrected chi connectivity index (χ1v) is 5.51. The number of hydrogen-bond acceptors (Lipinski definition) is 3. The van der Waals surface area contributed by atoms with Crippen molar-refractivity contribution in [1.29, 1.82) is 0 Å². The van der Waals surface area contributed by atoms with Crippen molar-refractivity contribution in [2.75, 3.05) is 0 Å². The number of benzene rings is 1. The van der Waals surface area contributed by atoms with Crippen molar-refractivity contribution in [1.82, 2.24) is 4.98 Å². The lowest BCUT2D eigenvalue weighted by atomic mass is 10.1. The zero-order valence-corrected chi connectivity index (χ0v) is 10.2. The fraction of sp³-hybridized carbons (Fsp3) is 0.143. The summed E-state index contributed by atoms with van der Waals surface area (Å²) in [5, 5.41) is 9.03. The number of hydrogen-bond donors (Lipinski definition) is 1. The summed E-state index contributed by atoms with van der Waals surface area (Å²) in [4.78, 5) is 15.1. The van der Waals surface area contributed by atoms with E-state index in [1.165, 1.54) is 0 Å². The summed E-state index contributed by atoms with van der Waals surface area (Å²) in [6.07, 6.45) is 1.65. The minimum Gasteiger partial charge on any atom is -0.478 e. The molecule has 0 aliphatic heterocycles. The van der Waals surface area contributed by atoms with Gasteiger partial charge in [0.25, 0.3) is 0 Å². The highest BCUT2D eigenvalue weighted by atomic mass is 16.5. The van der Waals surface area contributed by atoms with Crippen molar-refractivity contribution in [2.45, 2.75) is 13.8 Å². The Labute approximate surface area is 105 Å². The van der Waals surface area contributed by atoms with Gasteiger partial charge in [0.05, 0.1) is 5.56 Å². The molecule has 0 fully saturated rings. The highest BCUT2D eigenvalue weighted by Gasteiger charge is 2.11. The lowest BCUT2D eigenvalue weighted by Gasteiger charge is -2.09. The third kappa shape index (κ3) is 2.48. The molecule has 1 N–H and O–H groups in total. The molecule has 0 saturated heterocycles. The number of ether oxygens (including phenoxy) is 1. The SMILES string of the molecule is Cc1ccnc(Oc2cccc(C(=O)O)c2C)c1. The molecule has 0 bridgehead atoms. The van der Waals surface area contributed by atoms with Gasteiger partial charge in [0, 0.05) is 17.8 Å². The second-order valence-corrected chi connectivity index (χ2v) is 4.01. The first-order chi connectivity index (χ1) is 8.58. The number of carbonyl (C=O) groups is 1. The van der Waals surface area contributed by atoms with Gasteiger partial charge in [-0.05, 0) is 37.6 Å². The van der Waals surface area contributed by atoms with E-state index in [0.29, 0.717) is 17.2 Å². The normalized spacial score (nSPS) is 10.1. The molecule has 0 aliphatic carbocycles. The molecule has 1 heterocycles. The lowest BCUT2D eigenvalue weighted by Crippen LogP contribution is -2.01. The Bertz CT molecular complexity index is 593. The van der Waals surface area contributed by atoms with E-state index in [1.54, 1.807) is 37.4 Å². The van der Waals surface area contributed by atoms with Gasteiger partial charge in [0.1, 0.15) is 5.75 Å². The van der Waals surface area contributed by atoms with Crippen LogP contribution in [0.4, 0.5) is 0 Å². The van der Waals surface area contributed by atoms with Crippen LogP contribution in [0, 0.1) is 13.8 Å². The van der Waals surface area contributed by atoms with Crippen LogP contribution in [-0.4, -0.2) is 16.1 Å². The average molecular weight is 243 g/mol. The van der Waals surface area contributed by atoms with Crippen LogP contribution in [-0.2, 0) is 0 Å². The number of nitrogens with zero attached hydrogens (tertiary/aromatic N) is 1. The van der Waals surface area contributed by atoms with Crippen molar-refractivity contribution in [3.05, 3.63) is 53.2 Å². The van der Waals surface area contributed by atoms with Crippen LogP contribution in [0.3, 0.4) is 0 Å². The quantitative estimate of drug-likeness (QED) is 0.899. The van der Waals surface area contributed by atoms with Gasteiger partial charge in [-0.2, -0.15) is 0 Å². The maximum Gasteiger partial charge on any atom is 0.336 e. The lowest BCUT2D eigenvalue weighted by molar-refractivity contribution is 0.0695. The van der Waals surface area contributed by atoms with Crippen LogP contribution in [0.1, 0.15) is 21.5 Å². The summed E-state index contributed by atoms with van der Waals surface area (Å²) in [5.41, 5.74) is 1.86. The first kappa shape index (κ1) is 12.1. The Morgan fingerprint density at radius 2 is 2.06 bits per heavy atom. The van der Waals surface area contributed by atoms with Gasteiger partial charge in [-0.15, -0.1) is 0 Å². The monoisotopic (exact) mass is 243 g/mol. The Morgan fingerprint density at radius 1 is 1.28 bits per heavy atom. The number of pyridine rings is 1. The Balaban J connectivity index is 2.35. The van der Waals surface area contributed by atoms with Gasteiger partial charge in [0.15, 0.2) is 0 Å². The van der Waals surface area contributed by atoms with E-state index in [4.69, 9.17) is 9.84 Å². The zero-order chi connectivity index (χ0) is 13.1. The fourth-order valence-corrected chi connectivity index (χ4v) is 1.63. The van der Waals surface area contributed by atoms with Gasteiger partial charge in [-0.25, -0.2) is 9.78 Å². The van der Waals surface area contributed by atoms with Gasteiger partial charge in [0.2, 0.25) is 5.88 Å². The summed E-state index contributed by atoms with van der Waals surface area (Å²) in [6.45, 7) is 3.66. The Hall–Kier alpha value is -2.36. The van der Waals surface area contributed by atoms with Crippen LogP contribution in [0.15, 0.2) is 36.5 Å². The van der Waals surface area contributed by atoms with E-state index in [0.717, 1.165) is 5.56 Å². The molecule has 0 unspecified atom stereocenters. The number of aryl methyl sites for hydroxylation is 1. The van der Waals surface area contributed by atoms with Gasteiger partial charge < -0.3 is 9.84 Å². The molecular weight excluding hydrogens is 230 g/mol. The standard InChI is InChI=1S/C14H13NO3/c1-9-6-7-15-13(8-9)18-12-5-3-4-11(10(12)2)14(16)17/h3-8H,1-2H3,(H,16,17).